The first kappa shape index (κ1) is 30.5. The summed E-state index contributed by atoms with van der Waals surface area (Å²) >= 11 is 5.94. The van der Waals surface area contributed by atoms with Crippen molar-refractivity contribution in [3.63, 3.8) is 0 Å². The van der Waals surface area contributed by atoms with Crippen LogP contribution >= 0.6 is 11.6 Å². The fraction of sp³-hybridized carbons (Fsp3) is 0.667. The highest BCUT2D eigenvalue weighted by Gasteiger charge is 2.72. The maximum atomic E-state index is 14.3. The van der Waals surface area contributed by atoms with Crippen molar-refractivity contribution in [1.82, 2.24) is 15.1 Å². The molecule has 1 aromatic rings. The van der Waals surface area contributed by atoms with Crippen molar-refractivity contribution in [1.29, 1.82) is 0 Å². The van der Waals surface area contributed by atoms with Gasteiger partial charge in [0, 0.05) is 18.3 Å². The SMILES string of the molecule is CC1CCN(CCCN2C(=O)[C@@H]3[C@H](C(=O)Nc4ccc(F)c(Cl)c4)[C@@H]4C=C[C@@]3(O4)[C@@H]2C(=O)N[C@@H]2CCC[C@H](C)[C@H]2C)CC1. The standard InChI is InChI=1S/C33H44ClFN4O4/c1-19-11-16-38(17-12-19)14-5-15-39-29(31(41)37-25-7-4-6-20(2)21(25)3)33-13-10-26(43-33)27(28(33)32(39)42)30(40)36-22-8-9-24(35)23(34)18-22/h8-10,13,18-21,25-29H,4-7,11-12,14-17H2,1-3H3,(H,36,40)(H,37,41)/t20-,21+,25+,26-,27+,28-,29-,33-/m0/s1. The van der Waals surface area contributed by atoms with Crippen molar-refractivity contribution in [3.8, 4) is 0 Å². The summed E-state index contributed by atoms with van der Waals surface area (Å²) in [4.78, 5) is 46.3. The lowest BCUT2D eigenvalue weighted by molar-refractivity contribution is -0.141. The van der Waals surface area contributed by atoms with Gasteiger partial charge < -0.3 is 25.2 Å². The highest BCUT2D eigenvalue weighted by Crippen LogP contribution is 2.55. The number of hydrogen-bond acceptors (Lipinski definition) is 5. The van der Waals surface area contributed by atoms with Crippen LogP contribution in [0.1, 0.15) is 59.3 Å². The van der Waals surface area contributed by atoms with E-state index in [9.17, 15) is 18.8 Å². The zero-order chi connectivity index (χ0) is 30.5. The summed E-state index contributed by atoms with van der Waals surface area (Å²) in [5.41, 5.74) is -0.872. The monoisotopic (exact) mass is 614 g/mol. The molecule has 0 radical (unpaired) electrons. The number of carbonyl (C=O) groups excluding carboxylic acids is 3. The molecular weight excluding hydrogens is 571 g/mol. The molecule has 4 fully saturated rings. The first-order valence-electron chi connectivity index (χ1n) is 16.1. The van der Waals surface area contributed by atoms with Crippen LogP contribution < -0.4 is 10.6 Å². The smallest absolute Gasteiger partial charge is 0.246 e. The van der Waals surface area contributed by atoms with Gasteiger partial charge in [-0.2, -0.15) is 0 Å². The van der Waals surface area contributed by atoms with E-state index in [-0.39, 0.29) is 22.9 Å². The second-order valence-electron chi connectivity index (χ2n) is 13.6. The second kappa shape index (κ2) is 12.1. The van der Waals surface area contributed by atoms with Gasteiger partial charge in [-0.15, -0.1) is 0 Å². The minimum atomic E-state index is -1.21. The van der Waals surface area contributed by atoms with E-state index in [1.54, 1.807) is 4.90 Å². The van der Waals surface area contributed by atoms with E-state index in [1.807, 2.05) is 12.2 Å². The first-order valence-corrected chi connectivity index (χ1v) is 16.4. The van der Waals surface area contributed by atoms with E-state index < -0.39 is 41.3 Å². The molecule has 234 valence electrons. The van der Waals surface area contributed by atoms with Gasteiger partial charge >= 0.3 is 0 Å². The molecule has 0 aromatic heterocycles. The summed E-state index contributed by atoms with van der Waals surface area (Å²) in [5, 5.41) is 6.02. The Morgan fingerprint density at radius 1 is 1.09 bits per heavy atom. The molecule has 1 aliphatic carbocycles. The van der Waals surface area contributed by atoms with Gasteiger partial charge in [0.2, 0.25) is 17.7 Å². The van der Waals surface area contributed by atoms with Gasteiger partial charge in [-0.05, 0) is 81.3 Å². The van der Waals surface area contributed by atoms with Crippen molar-refractivity contribution >= 4 is 35.0 Å². The number of ether oxygens (including phenoxy) is 1. The molecule has 2 bridgehead atoms. The van der Waals surface area contributed by atoms with Crippen molar-refractivity contribution in [2.45, 2.75) is 83.1 Å². The largest absolute Gasteiger partial charge is 0.359 e. The Kier molecular flexibility index (Phi) is 8.61. The average molecular weight is 615 g/mol. The van der Waals surface area contributed by atoms with Crippen molar-refractivity contribution in [2.24, 2.45) is 29.6 Å². The highest BCUT2D eigenvalue weighted by molar-refractivity contribution is 6.31. The predicted molar refractivity (Wildman–Crippen MR) is 163 cm³/mol. The number of rotatable bonds is 8. The molecule has 8 nitrogen and oxygen atoms in total. The van der Waals surface area contributed by atoms with Gasteiger partial charge in [0.05, 0.1) is 23.0 Å². The summed E-state index contributed by atoms with van der Waals surface area (Å²) in [6.45, 7) is 10.1. The molecule has 3 saturated heterocycles. The molecule has 4 heterocycles. The van der Waals surface area contributed by atoms with E-state index in [1.165, 1.54) is 31.0 Å². The first-order chi connectivity index (χ1) is 20.6. The molecular formula is C33H44ClFN4O4. The average Bonchev–Trinajstić information content (AvgIpc) is 3.62. The number of carbonyl (C=O) groups is 3. The second-order valence-corrected chi connectivity index (χ2v) is 14.0. The summed E-state index contributed by atoms with van der Waals surface area (Å²) in [5.74, 6) is -1.49. The number of fused-ring (bicyclic) bond motifs is 1. The van der Waals surface area contributed by atoms with Crippen LogP contribution in [0, 0.1) is 35.4 Å². The lowest BCUT2D eigenvalue weighted by Crippen LogP contribution is -2.58. The van der Waals surface area contributed by atoms with Crippen molar-refractivity contribution in [2.75, 3.05) is 31.5 Å². The minimum Gasteiger partial charge on any atom is -0.359 e. The van der Waals surface area contributed by atoms with Gasteiger partial charge in [0.25, 0.3) is 0 Å². The van der Waals surface area contributed by atoms with Crippen LogP contribution in [0.5, 0.6) is 0 Å². The molecule has 6 rings (SSSR count). The molecule has 2 N–H and O–H groups in total. The summed E-state index contributed by atoms with van der Waals surface area (Å²) in [7, 11) is 0. The normalized spacial score (nSPS) is 35.8. The molecule has 0 unspecified atom stereocenters. The van der Waals surface area contributed by atoms with Crippen LogP contribution in [0.3, 0.4) is 0 Å². The molecule has 43 heavy (non-hydrogen) atoms. The lowest BCUT2D eigenvalue weighted by atomic mass is 9.73. The van der Waals surface area contributed by atoms with Crippen LogP contribution in [-0.4, -0.2) is 77.5 Å². The zero-order valence-electron chi connectivity index (χ0n) is 25.4. The number of piperidine rings is 1. The van der Waals surface area contributed by atoms with Crippen LogP contribution in [0.25, 0.3) is 0 Å². The maximum Gasteiger partial charge on any atom is 0.246 e. The molecule has 4 aliphatic heterocycles. The summed E-state index contributed by atoms with van der Waals surface area (Å²) in [6.07, 6.45) is 9.23. The third-order valence-corrected chi connectivity index (χ3v) is 11.2. The minimum absolute atomic E-state index is 0.0314. The molecule has 10 heteroatoms. The fourth-order valence-corrected chi connectivity index (χ4v) is 8.29. The van der Waals surface area contributed by atoms with Crippen LogP contribution in [0.4, 0.5) is 10.1 Å². The number of halogens is 2. The third kappa shape index (κ3) is 5.61. The molecule has 5 aliphatic rings. The predicted octanol–water partition coefficient (Wildman–Crippen LogP) is 4.63. The number of likely N-dealkylation sites (tertiary alicyclic amines) is 2. The van der Waals surface area contributed by atoms with Crippen molar-refractivity contribution < 1.29 is 23.5 Å². The number of amides is 3. The van der Waals surface area contributed by atoms with Gasteiger partial charge in [-0.3, -0.25) is 14.4 Å². The lowest BCUT2D eigenvalue weighted by Gasteiger charge is -2.38. The highest BCUT2D eigenvalue weighted by atomic mass is 35.5. The quantitative estimate of drug-likeness (QED) is 0.417. The Morgan fingerprint density at radius 3 is 2.60 bits per heavy atom. The molecule has 1 spiro atoms. The van der Waals surface area contributed by atoms with E-state index in [2.05, 4.69) is 36.3 Å². The van der Waals surface area contributed by atoms with Crippen LogP contribution in [0.2, 0.25) is 5.02 Å². The van der Waals surface area contributed by atoms with E-state index in [0.717, 1.165) is 51.2 Å². The Morgan fingerprint density at radius 2 is 1.86 bits per heavy atom. The van der Waals surface area contributed by atoms with Gasteiger partial charge in [-0.25, -0.2) is 4.39 Å². The van der Waals surface area contributed by atoms with Gasteiger partial charge in [-0.1, -0.05) is 57.4 Å². The summed E-state index contributed by atoms with van der Waals surface area (Å²) in [6, 6.07) is 3.15. The number of hydrogen-bond donors (Lipinski definition) is 2. The Hall–Kier alpha value is -2.49. The number of nitrogens with one attached hydrogen (secondary N) is 2. The molecule has 1 saturated carbocycles. The van der Waals surface area contributed by atoms with E-state index in [0.29, 0.717) is 24.1 Å². The van der Waals surface area contributed by atoms with E-state index in [4.69, 9.17) is 16.3 Å². The van der Waals surface area contributed by atoms with Gasteiger partial charge in [0.1, 0.15) is 17.5 Å². The van der Waals surface area contributed by atoms with Crippen LogP contribution in [-0.2, 0) is 19.1 Å². The Bertz CT molecular complexity index is 1290. The summed E-state index contributed by atoms with van der Waals surface area (Å²) < 4.78 is 20.2. The number of benzene rings is 1. The molecule has 8 atom stereocenters. The van der Waals surface area contributed by atoms with Crippen LogP contribution in [0.15, 0.2) is 30.4 Å². The van der Waals surface area contributed by atoms with E-state index >= 15 is 0 Å². The topological polar surface area (TPSA) is 91.0 Å². The molecule has 1 aromatic carbocycles. The fourth-order valence-electron chi connectivity index (χ4n) is 8.11. The van der Waals surface area contributed by atoms with Crippen molar-refractivity contribution in [3.05, 3.63) is 41.2 Å². The Balaban J connectivity index is 1.24. The number of nitrogens with zero attached hydrogens (tertiary/aromatic N) is 2. The molecule has 3 amide bonds. The Labute approximate surface area is 258 Å². The zero-order valence-corrected chi connectivity index (χ0v) is 26.1. The maximum absolute atomic E-state index is 14.3. The van der Waals surface area contributed by atoms with Gasteiger partial charge in [0.15, 0.2) is 0 Å². The number of anilines is 1. The third-order valence-electron chi connectivity index (χ3n) is 10.9.